The van der Waals surface area contributed by atoms with Crippen LogP contribution in [0.15, 0.2) is 64.6 Å². The molecule has 35 heavy (non-hydrogen) atoms. The molecular formula is C27H23BrClN3O3. The molecule has 6 nitrogen and oxygen atoms in total. The quantitative estimate of drug-likeness (QED) is 0.255. The van der Waals surface area contributed by atoms with Crippen LogP contribution >= 0.6 is 27.5 Å². The van der Waals surface area contributed by atoms with E-state index in [0.29, 0.717) is 27.7 Å². The third kappa shape index (κ3) is 7.19. The maximum absolute atomic E-state index is 12.8. The van der Waals surface area contributed by atoms with Crippen LogP contribution in [0.1, 0.15) is 22.3 Å². The fraction of sp³-hybridized carbons (Fsp3) is 0.148. The summed E-state index contributed by atoms with van der Waals surface area (Å²) >= 11 is 9.50. The normalized spacial score (nSPS) is 10.9. The molecule has 8 heteroatoms. The number of hydrogen-bond acceptors (Lipinski definition) is 4. The van der Waals surface area contributed by atoms with Crippen molar-refractivity contribution in [2.75, 3.05) is 17.2 Å². The van der Waals surface area contributed by atoms with Crippen LogP contribution in [-0.2, 0) is 9.59 Å². The fourth-order valence-corrected chi connectivity index (χ4v) is 3.78. The molecule has 0 spiro atoms. The molecule has 3 aromatic rings. The van der Waals surface area contributed by atoms with Crippen LogP contribution < -0.4 is 15.4 Å². The van der Waals surface area contributed by atoms with Crippen LogP contribution in [-0.4, -0.2) is 18.4 Å². The van der Waals surface area contributed by atoms with Crippen LogP contribution in [0, 0.1) is 32.1 Å². The monoisotopic (exact) mass is 551 g/mol. The molecule has 0 aliphatic carbocycles. The number of benzene rings is 3. The Bertz CT molecular complexity index is 1360. The Morgan fingerprint density at radius 2 is 1.80 bits per heavy atom. The number of nitrogens with zero attached hydrogens (tertiary/aromatic N) is 1. The Morgan fingerprint density at radius 3 is 2.49 bits per heavy atom. The van der Waals surface area contributed by atoms with Crippen molar-refractivity contribution in [3.63, 3.8) is 0 Å². The van der Waals surface area contributed by atoms with Gasteiger partial charge in [0.25, 0.3) is 11.8 Å². The topological polar surface area (TPSA) is 91.2 Å². The van der Waals surface area contributed by atoms with Gasteiger partial charge in [0, 0.05) is 26.4 Å². The van der Waals surface area contributed by atoms with Gasteiger partial charge in [0.15, 0.2) is 6.61 Å². The van der Waals surface area contributed by atoms with Crippen molar-refractivity contribution in [3.8, 4) is 11.8 Å². The Labute approximate surface area is 217 Å². The highest BCUT2D eigenvalue weighted by Crippen LogP contribution is 2.27. The molecular weight excluding hydrogens is 530 g/mol. The number of anilines is 2. The molecule has 0 heterocycles. The molecule has 3 rings (SSSR count). The number of halogens is 2. The van der Waals surface area contributed by atoms with Gasteiger partial charge in [0.1, 0.15) is 17.4 Å². The van der Waals surface area contributed by atoms with Crippen molar-refractivity contribution in [1.82, 2.24) is 0 Å². The maximum atomic E-state index is 12.8. The van der Waals surface area contributed by atoms with E-state index in [2.05, 4.69) is 26.6 Å². The summed E-state index contributed by atoms with van der Waals surface area (Å²) in [5.74, 6) is -0.576. The summed E-state index contributed by atoms with van der Waals surface area (Å²) in [6.45, 7) is 5.44. The van der Waals surface area contributed by atoms with Crippen LogP contribution in [0.3, 0.4) is 0 Å². The molecule has 0 atom stereocenters. The molecule has 2 N–H and O–H groups in total. The van der Waals surface area contributed by atoms with E-state index >= 15 is 0 Å². The van der Waals surface area contributed by atoms with Crippen LogP contribution in [0.5, 0.6) is 5.75 Å². The summed E-state index contributed by atoms with van der Waals surface area (Å²) in [6.07, 6.45) is 1.43. The highest BCUT2D eigenvalue weighted by atomic mass is 79.9. The number of amides is 2. The van der Waals surface area contributed by atoms with E-state index in [1.165, 1.54) is 6.08 Å². The van der Waals surface area contributed by atoms with Gasteiger partial charge in [-0.05, 0) is 74.4 Å². The molecule has 0 unspecified atom stereocenters. The van der Waals surface area contributed by atoms with Crippen LogP contribution in [0.4, 0.5) is 11.4 Å². The number of nitriles is 1. The second kappa shape index (κ2) is 11.7. The molecule has 0 aliphatic heterocycles. The molecule has 0 bridgehead atoms. The van der Waals surface area contributed by atoms with E-state index in [9.17, 15) is 14.9 Å². The Kier molecular flexibility index (Phi) is 8.69. The lowest BCUT2D eigenvalue weighted by Crippen LogP contribution is -2.20. The third-order valence-electron chi connectivity index (χ3n) is 5.08. The summed E-state index contributed by atoms with van der Waals surface area (Å²) in [6, 6.07) is 17.9. The van der Waals surface area contributed by atoms with E-state index in [1.54, 1.807) is 36.4 Å². The Hall–Kier alpha value is -3.60. The largest absolute Gasteiger partial charge is 0.483 e. The molecule has 0 fully saturated rings. The molecule has 2 amide bonds. The van der Waals surface area contributed by atoms with E-state index in [1.807, 2.05) is 45.0 Å². The average Bonchev–Trinajstić information content (AvgIpc) is 2.81. The summed E-state index contributed by atoms with van der Waals surface area (Å²) in [5.41, 5.74) is 4.41. The highest BCUT2D eigenvalue weighted by molar-refractivity contribution is 9.10. The van der Waals surface area contributed by atoms with Gasteiger partial charge in [0.05, 0.1) is 0 Å². The molecule has 0 aliphatic rings. The minimum absolute atomic E-state index is 0.105. The van der Waals surface area contributed by atoms with Gasteiger partial charge in [-0.25, -0.2) is 0 Å². The zero-order valence-corrected chi connectivity index (χ0v) is 21.8. The van der Waals surface area contributed by atoms with Crippen molar-refractivity contribution in [2.45, 2.75) is 20.8 Å². The second-order valence-electron chi connectivity index (χ2n) is 7.93. The van der Waals surface area contributed by atoms with E-state index < -0.39 is 5.91 Å². The lowest BCUT2D eigenvalue weighted by Gasteiger charge is -2.12. The summed E-state index contributed by atoms with van der Waals surface area (Å²) in [4.78, 5) is 25.2. The van der Waals surface area contributed by atoms with Crippen LogP contribution in [0.2, 0.25) is 5.02 Å². The molecule has 0 saturated heterocycles. The number of carbonyl (C=O) groups is 2. The zero-order valence-electron chi connectivity index (χ0n) is 19.4. The Morgan fingerprint density at radius 1 is 1.03 bits per heavy atom. The zero-order chi connectivity index (χ0) is 25.5. The minimum atomic E-state index is -0.542. The van der Waals surface area contributed by atoms with Crippen LogP contribution in [0.25, 0.3) is 6.08 Å². The number of ether oxygens (including phenoxy) is 1. The van der Waals surface area contributed by atoms with E-state index in [0.717, 1.165) is 21.2 Å². The maximum Gasteiger partial charge on any atom is 0.266 e. The summed E-state index contributed by atoms with van der Waals surface area (Å²) in [5, 5.41) is 15.7. The number of hydrogen-bond donors (Lipinski definition) is 2. The van der Waals surface area contributed by atoms with Gasteiger partial charge in [0.2, 0.25) is 0 Å². The molecule has 0 saturated carbocycles. The standard InChI is InChI=1S/C27H23BrClN3O3/c1-16-4-8-24(18(3)10-16)32-27(34)20(14-30)11-19-12-21(28)6-9-25(19)35-15-26(33)31-22-7-5-17(2)23(29)13-22/h4-13H,15H2,1-3H3,(H,31,33)(H,32,34)/b20-11+. The van der Waals surface area contributed by atoms with Gasteiger partial charge >= 0.3 is 0 Å². The smallest absolute Gasteiger partial charge is 0.266 e. The van der Waals surface area contributed by atoms with Crippen molar-refractivity contribution in [1.29, 1.82) is 5.26 Å². The minimum Gasteiger partial charge on any atom is -0.483 e. The SMILES string of the molecule is Cc1ccc(NC(=O)/C(C#N)=C/c2cc(Br)ccc2OCC(=O)Nc2ccc(C)c(Cl)c2)c(C)c1. The van der Waals surface area contributed by atoms with Crippen molar-refractivity contribution >= 4 is 56.8 Å². The molecule has 178 valence electrons. The predicted molar refractivity (Wildman–Crippen MR) is 143 cm³/mol. The first-order chi connectivity index (χ1) is 16.7. The summed E-state index contributed by atoms with van der Waals surface area (Å²) in [7, 11) is 0. The van der Waals surface area contributed by atoms with Gasteiger partial charge < -0.3 is 15.4 Å². The number of rotatable bonds is 7. The number of aryl methyl sites for hydroxylation is 3. The Balaban J connectivity index is 1.75. The first-order valence-electron chi connectivity index (χ1n) is 10.6. The van der Waals surface area contributed by atoms with Crippen molar-refractivity contribution in [2.24, 2.45) is 0 Å². The third-order valence-corrected chi connectivity index (χ3v) is 5.98. The van der Waals surface area contributed by atoms with Gasteiger partial charge in [-0.15, -0.1) is 0 Å². The lowest BCUT2D eigenvalue weighted by molar-refractivity contribution is -0.118. The molecule has 3 aromatic carbocycles. The number of nitrogens with one attached hydrogen (secondary N) is 2. The average molecular weight is 553 g/mol. The highest BCUT2D eigenvalue weighted by Gasteiger charge is 2.14. The van der Waals surface area contributed by atoms with Crippen molar-refractivity contribution in [3.05, 3.63) is 91.9 Å². The first kappa shape index (κ1) is 26.0. The fourth-order valence-electron chi connectivity index (χ4n) is 3.22. The lowest BCUT2D eigenvalue weighted by atomic mass is 10.1. The first-order valence-corrected chi connectivity index (χ1v) is 11.8. The molecule has 0 aromatic heterocycles. The van der Waals surface area contributed by atoms with E-state index in [4.69, 9.17) is 16.3 Å². The van der Waals surface area contributed by atoms with Gasteiger partial charge in [-0.2, -0.15) is 5.26 Å². The number of carbonyl (C=O) groups excluding carboxylic acids is 2. The van der Waals surface area contributed by atoms with Crippen molar-refractivity contribution < 1.29 is 14.3 Å². The van der Waals surface area contributed by atoms with Gasteiger partial charge in [-0.1, -0.05) is 51.3 Å². The second-order valence-corrected chi connectivity index (χ2v) is 9.25. The van der Waals surface area contributed by atoms with Gasteiger partial charge in [-0.3, -0.25) is 9.59 Å². The summed E-state index contributed by atoms with van der Waals surface area (Å²) < 4.78 is 6.43. The van der Waals surface area contributed by atoms with E-state index in [-0.39, 0.29) is 18.1 Å². The predicted octanol–water partition coefficient (Wildman–Crippen LogP) is 6.59. The molecule has 0 radical (unpaired) electrons.